The van der Waals surface area contributed by atoms with Crippen LogP contribution in [0.1, 0.15) is 85.6 Å². The second-order valence-electron chi connectivity index (χ2n) is 11.6. The number of allylic oxidation sites excluding steroid dienone is 2. The molecule has 2 aliphatic heterocycles. The third-order valence-electron chi connectivity index (χ3n) is 8.80. The van der Waals surface area contributed by atoms with Crippen LogP contribution in [0.25, 0.3) is 12.2 Å². The van der Waals surface area contributed by atoms with Crippen LogP contribution in [-0.2, 0) is 38.4 Å². The minimum Gasteiger partial charge on any atom is -0.481 e. The average Bonchev–Trinajstić information content (AvgIpc) is 3.59. The zero-order chi connectivity index (χ0) is 32.5. The molecule has 4 rings (SSSR count). The standard InChI is InChI=1S/C33H40N4O6S/c1-7-20-15(2)25(36-33(20)43)12-23-16(3)21(8-10-29(38)39)26(34-23)14-27-22(9-11-30(40)41)17(4)24(35-27)13-28-31(19(6)44)18(5)32(42)37-28/h9,11,13,18-19,31,34-35,44H,7-8,10,12,14H2,1-6H3,(H,37,42)(H,38,39)(H,40,41)/b11-9+,28-13-/t18-,19?,31+/m1/s1. The van der Waals surface area contributed by atoms with E-state index >= 15 is 0 Å². The number of hydrogen-bond acceptors (Lipinski definition) is 5. The molecule has 1 fully saturated rings. The van der Waals surface area contributed by atoms with Crippen LogP contribution in [-0.4, -0.2) is 54.9 Å². The van der Waals surface area contributed by atoms with Crippen molar-refractivity contribution >= 4 is 54.2 Å². The predicted molar refractivity (Wildman–Crippen MR) is 173 cm³/mol. The minimum atomic E-state index is -1.08. The molecule has 1 saturated heterocycles. The van der Waals surface area contributed by atoms with Gasteiger partial charge in [-0.05, 0) is 73.6 Å². The molecule has 5 N–H and O–H groups in total. The SMILES string of the molecule is CCC1=C(C)C(Cc2[nH]c(Cc3[nH]c(/C=C4\NC(=O)[C@H](C)[C@H]4C(C)S)c(C)c3/C=C/C(=O)O)c(CCC(=O)O)c2C)=NC1=O. The molecular formula is C33H40N4O6S. The number of aromatic amines is 2. The monoisotopic (exact) mass is 620 g/mol. The molecule has 2 aliphatic rings. The average molecular weight is 621 g/mol. The molecule has 2 aromatic heterocycles. The lowest BCUT2D eigenvalue weighted by Gasteiger charge is -2.17. The van der Waals surface area contributed by atoms with Gasteiger partial charge in [-0.1, -0.05) is 20.8 Å². The lowest BCUT2D eigenvalue weighted by molar-refractivity contribution is -0.137. The first-order valence-corrected chi connectivity index (χ1v) is 15.3. The molecular weight excluding hydrogens is 580 g/mol. The number of nitrogens with zero attached hydrogens (tertiary/aromatic N) is 1. The summed E-state index contributed by atoms with van der Waals surface area (Å²) in [5, 5.41) is 21.8. The zero-order valence-corrected chi connectivity index (χ0v) is 26.8. The van der Waals surface area contributed by atoms with Crippen LogP contribution in [0.2, 0.25) is 0 Å². The van der Waals surface area contributed by atoms with Gasteiger partial charge >= 0.3 is 11.9 Å². The number of carbonyl (C=O) groups is 4. The molecule has 0 aromatic carbocycles. The highest BCUT2D eigenvalue weighted by atomic mass is 32.1. The topological polar surface area (TPSA) is 165 Å². The maximum Gasteiger partial charge on any atom is 0.328 e. The van der Waals surface area contributed by atoms with Crippen molar-refractivity contribution in [3.8, 4) is 0 Å². The van der Waals surface area contributed by atoms with Gasteiger partial charge in [-0.3, -0.25) is 14.4 Å². The van der Waals surface area contributed by atoms with E-state index < -0.39 is 11.9 Å². The molecule has 234 valence electrons. The van der Waals surface area contributed by atoms with Crippen LogP contribution in [0.15, 0.2) is 27.9 Å². The zero-order valence-electron chi connectivity index (χ0n) is 25.9. The van der Waals surface area contributed by atoms with Crippen molar-refractivity contribution in [2.45, 2.75) is 78.9 Å². The Bertz CT molecular complexity index is 1650. The smallest absolute Gasteiger partial charge is 0.328 e. The van der Waals surface area contributed by atoms with Gasteiger partial charge in [0.15, 0.2) is 0 Å². The van der Waals surface area contributed by atoms with Crippen molar-refractivity contribution in [1.82, 2.24) is 15.3 Å². The molecule has 0 radical (unpaired) electrons. The molecule has 0 spiro atoms. The first-order chi connectivity index (χ1) is 20.7. The molecule has 3 atom stereocenters. The van der Waals surface area contributed by atoms with E-state index in [1.165, 1.54) is 0 Å². The highest BCUT2D eigenvalue weighted by Crippen LogP contribution is 2.35. The summed E-state index contributed by atoms with van der Waals surface area (Å²) in [6.07, 6.45) is 6.11. The largest absolute Gasteiger partial charge is 0.481 e. The quantitative estimate of drug-likeness (QED) is 0.145. The van der Waals surface area contributed by atoms with Gasteiger partial charge in [0, 0.05) is 76.5 Å². The second-order valence-corrected chi connectivity index (χ2v) is 12.4. The van der Waals surface area contributed by atoms with Crippen LogP contribution in [0.4, 0.5) is 0 Å². The fourth-order valence-corrected chi connectivity index (χ4v) is 6.71. The van der Waals surface area contributed by atoms with Crippen molar-refractivity contribution in [1.29, 1.82) is 0 Å². The minimum absolute atomic E-state index is 0.0580. The van der Waals surface area contributed by atoms with E-state index in [0.717, 1.165) is 56.8 Å². The number of carbonyl (C=O) groups excluding carboxylic acids is 2. The number of aromatic nitrogens is 2. The van der Waals surface area contributed by atoms with Crippen molar-refractivity contribution in [3.63, 3.8) is 0 Å². The van der Waals surface area contributed by atoms with Crippen molar-refractivity contribution in [2.75, 3.05) is 0 Å². The molecule has 0 aliphatic carbocycles. The molecule has 1 unspecified atom stereocenters. The normalized spacial score (nSPS) is 20.2. The first kappa shape index (κ1) is 32.8. The number of hydrogen-bond donors (Lipinski definition) is 6. The maximum atomic E-state index is 12.5. The van der Waals surface area contributed by atoms with Crippen LogP contribution in [0.3, 0.4) is 0 Å². The fourth-order valence-electron chi connectivity index (χ4n) is 6.30. The van der Waals surface area contributed by atoms with Crippen LogP contribution < -0.4 is 5.32 Å². The predicted octanol–water partition coefficient (Wildman–Crippen LogP) is 4.96. The Kier molecular flexibility index (Phi) is 9.88. The lowest BCUT2D eigenvalue weighted by atomic mass is 9.91. The summed E-state index contributed by atoms with van der Waals surface area (Å²) >= 11 is 4.62. The molecule has 2 amide bonds. The molecule has 11 heteroatoms. The number of rotatable bonds is 12. The highest BCUT2D eigenvalue weighted by Gasteiger charge is 2.37. The third-order valence-corrected chi connectivity index (χ3v) is 9.12. The number of thiol groups is 1. The number of H-pyrrole nitrogens is 2. The number of carboxylic acid groups (broad SMARTS) is 2. The van der Waals surface area contributed by atoms with E-state index in [1.54, 1.807) is 6.08 Å². The Morgan fingerprint density at radius 3 is 2.34 bits per heavy atom. The summed E-state index contributed by atoms with van der Waals surface area (Å²) < 4.78 is 0. The van der Waals surface area contributed by atoms with Crippen LogP contribution in [0, 0.1) is 25.7 Å². The van der Waals surface area contributed by atoms with Gasteiger partial charge in [0.2, 0.25) is 5.91 Å². The van der Waals surface area contributed by atoms with Gasteiger partial charge in [-0.15, -0.1) is 0 Å². The Labute approximate surface area is 262 Å². The van der Waals surface area contributed by atoms with Crippen molar-refractivity contribution in [2.24, 2.45) is 16.8 Å². The van der Waals surface area contributed by atoms with E-state index in [-0.39, 0.29) is 35.3 Å². The Balaban J connectivity index is 1.78. The molecule has 0 bridgehead atoms. The summed E-state index contributed by atoms with van der Waals surface area (Å²) in [7, 11) is 0. The number of aliphatic imine (C=N–C) groups is 1. The Morgan fingerprint density at radius 1 is 1.05 bits per heavy atom. The summed E-state index contributed by atoms with van der Waals surface area (Å²) in [5.74, 6) is -2.62. The van der Waals surface area contributed by atoms with E-state index in [2.05, 4.69) is 32.9 Å². The van der Waals surface area contributed by atoms with Crippen LogP contribution >= 0.6 is 12.6 Å². The number of nitrogens with one attached hydrogen (secondary N) is 3. The summed E-state index contributed by atoms with van der Waals surface area (Å²) in [6.45, 7) is 11.5. The molecule has 10 nitrogen and oxygen atoms in total. The summed E-state index contributed by atoms with van der Waals surface area (Å²) in [5.41, 5.74) is 9.44. The first-order valence-electron chi connectivity index (χ1n) is 14.8. The molecule has 44 heavy (non-hydrogen) atoms. The van der Waals surface area contributed by atoms with Gasteiger partial charge < -0.3 is 25.5 Å². The van der Waals surface area contributed by atoms with Gasteiger partial charge in [-0.2, -0.15) is 12.6 Å². The second kappa shape index (κ2) is 13.3. The highest BCUT2D eigenvalue weighted by molar-refractivity contribution is 7.80. The number of amides is 2. The third kappa shape index (κ3) is 6.67. The number of aliphatic carboxylic acids is 2. The molecule has 2 aromatic rings. The Hall–Kier alpha value is -4.12. The van der Waals surface area contributed by atoms with Gasteiger partial charge in [0.1, 0.15) is 0 Å². The fraction of sp³-hybridized carbons (Fsp3) is 0.424. The summed E-state index contributed by atoms with van der Waals surface area (Å²) in [6, 6.07) is 0. The van der Waals surface area contributed by atoms with Crippen molar-refractivity contribution in [3.05, 3.63) is 67.9 Å². The number of carboxylic acids is 2. The molecule has 0 saturated carbocycles. The van der Waals surface area contributed by atoms with Gasteiger partial charge in [-0.25, -0.2) is 9.79 Å². The van der Waals surface area contributed by atoms with E-state index in [4.69, 9.17) is 0 Å². The van der Waals surface area contributed by atoms with Gasteiger partial charge in [0.05, 0.1) is 5.71 Å². The maximum absolute atomic E-state index is 12.5. The van der Waals surface area contributed by atoms with E-state index in [1.807, 2.05) is 47.6 Å². The molecule has 4 heterocycles. The van der Waals surface area contributed by atoms with E-state index in [9.17, 15) is 29.4 Å². The van der Waals surface area contributed by atoms with E-state index in [0.29, 0.717) is 42.5 Å². The summed E-state index contributed by atoms with van der Waals surface area (Å²) in [4.78, 5) is 59.1. The lowest BCUT2D eigenvalue weighted by Crippen LogP contribution is -2.19. The van der Waals surface area contributed by atoms with Gasteiger partial charge in [0.25, 0.3) is 5.91 Å². The van der Waals surface area contributed by atoms with Crippen molar-refractivity contribution < 1.29 is 29.4 Å². The van der Waals surface area contributed by atoms with Crippen LogP contribution in [0.5, 0.6) is 0 Å². The Morgan fingerprint density at radius 2 is 1.75 bits per heavy atom.